The van der Waals surface area contributed by atoms with Gasteiger partial charge in [0.15, 0.2) is 0 Å². The molecule has 1 saturated heterocycles. The molecule has 0 bridgehead atoms. The molecule has 1 aliphatic heterocycles. The number of rotatable bonds is 10. The van der Waals surface area contributed by atoms with E-state index in [0.717, 1.165) is 37.7 Å². The van der Waals surface area contributed by atoms with E-state index >= 15 is 0 Å². The monoisotopic (exact) mass is 416 g/mol. The molecule has 2 N–H and O–H groups in total. The number of halogens is 2. The molecule has 1 aliphatic rings. The minimum Gasteiger partial charge on any atom is -0.497 e. The Morgan fingerprint density at radius 2 is 1.87 bits per heavy atom. The molecule has 0 amide bonds. The Hall–Kier alpha value is -2.28. The maximum atomic E-state index is 13.5. The zero-order valence-electron chi connectivity index (χ0n) is 17.4. The van der Waals surface area contributed by atoms with Crippen LogP contribution in [0.1, 0.15) is 24.0 Å². The smallest absolute Gasteiger partial charge is 0.126 e. The summed E-state index contributed by atoms with van der Waals surface area (Å²) in [4.78, 5) is 2.38. The van der Waals surface area contributed by atoms with Gasteiger partial charge in [0.1, 0.15) is 17.4 Å². The standard InChI is InChI=1S/C24H30F2N2O2/c1-3-8-30-24-14-22(13-21(27)11-18-9-19(25)12-20(26)10-18)28(16-24)15-17-4-6-23(29-2)7-5-17/h3-7,9-10,12,21-22,24H,1,8,11,13-16,27H2,2H3/t21-,22-,24+/m0/s1. The molecule has 0 unspecified atom stereocenters. The third-order valence-electron chi connectivity index (χ3n) is 5.48. The van der Waals surface area contributed by atoms with Crippen molar-refractivity contribution in [2.75, 3.05) is 20.3 Å². The van der Waals surface area contributed by atoms with Crippen LogP contribution in [0.4, 0.5) is 8.78 Å². The molecule has 1 fully saturated rings. The first-order valence-electron chi connectivity index (χ1n) is 10.3. The summed E-state index contributed by atoms with van der Waals surface area (Å²) in [5.41, 5.74) is 8.15. The van der Waals surface area contributed by atoms with Gasteiger partial charge in [0.2, 0.25) is 0 Å². The lowest BCUT2D eigenvalue weighted by atomic mass is 9.98. The van der Waals surface area contributed by atoms with E-state index in [4.69, 9.17) is 15.2 Å². The van der Waals surface area contributed by atoms with E-state index in [-0.39, 0.29) is 18.2 Å². The number of nitrogens with zero attached hydrogens (tertiary/aromatic N) is 1. The molecule has 30 heavy (non-hydrogen) atoms. The highest BCUT2D eigenvalue weighted by molar-refractivity contribution is 5.27. The van der Waals surface area contributed by atoms with Crippen LogP contribution in [-0.2, 0) is 17.7 Å². The second kappa shape index (κ2) is 10.7. The number of nitrogens with two attached hydrogens (primary N) is 1. The highest BCUT2D eigenvalue weighted by Gasteiger charge is 2.33. The van der Waals surface area contributed by atoms with Crippen molar-refractivity contribution in [1.82, 2.24) is 4.90 Å². The van der Waals surface area contributed by atoms with Gasteiger partial charge in [-0.15, -0.1) is 6.58 Å². The molecular weight excluding hydrogens is 386 g/mol. The van der Waals surface area contributed by atoms with Gasteiger partial charge in [-0.25, -0.2) is 8.78 Å². The SMILES string of the molecule is C=CCO[C@@H]1C[C@H](C[C@@H](N)Cc2cc(F)cc(F)c2)N(Cc2ccc(OC)cc2)C1. The summed E-state index contributed by atoms with van der Waals surface area (Å²) < 4.78 is 38.1. The minimum atomic E-state index is -0.572. The number of likely N-dealkylation sites (tertiary alicyclic amines) is 1. The lowest BCUT2D eigenvalue weighted by Gasteiger charge is -2.26. The highest BCUT2D eigenvalue weighted by Crippen LogP contribution is 2.27. The molecule has 162 valence electrons. The Kier molecular flexibility index (Phi) is 7.96. The minimum absolute atomic E-state index is 0.116. The maximum Gasteiger partial charge on any atom is 0.126 e. The van der Waals surface area contributed by atoms with E-state index in [9.17, 15) is 8.78 Å². The third kappa shape index (κ3) is 6.36. The molecule has 2 aromatic rings. The molecule has 4 nitrogen and oxygen atoms in total. The predicted molar refractivity (Wildman–Crippen MR) is 114 cm³/mol. The highest BCUT2D eigenvalue weighted by atomic mass is 19.1. The first kappa shape index (κ1) is 22.4. The Morgan fingerprint density at radius 3 is 2.50 bits per heavy atom. The topological polar surface area (TPSA) is 47.7 Å². The van der Waals surface area contributed by atoms with Crippen molar-refractivity contribution in [3.63, 3.8) is 0 Å². The molecule has 0 saturated carbocycles. The Morgan fingerprint density at radius 1 is 1.17 bits per heavy atom. The van der Waals surface area contributed by atoms with Gasteiger partial charge in [0.05, 0.1) is 19.8 Å². The van der Waals surface area contributed by atoms with Crippen molar-refractivity contribution in [2.24, 2.45) is 5.73 Å². The number of hydrogen-bond acceptors (Lipinski definition) is 4. The zero-order chi connectivity index (χ0) is 21.5. The summed E-state index contributed by atoms with van der Waals surface area (Å²) in [6.07, 6.45) is 3.90. The van der Waals surface area contributed by atoms with E-state index in [1.54, 1.807) is 13.2 Å². The third-order valence-corrected chi connectivity index (χ3v) is 5.48. The van der Waals surface area contributed by atoms with Crippen molar-refractivity contribution < 1.29 is 18.3 Å². The molecule has 3 atom stereocenters. The van der Waals surface area contributed by atoms with Crippen LogP contribution in [0.15, 0.2) is 55.1 Å². The molecule has 0 aromatic heterocycles. The van der Waals surface area contributed by atoms with Gasteiger partial charge >= 0.3 is 0 Å². The van der Waals surface area contributed by atoms with Crippen molar-refractivity contribution in [1.29, 1.82) is 0 Å². The summed E-state index contributed by atoms with van der Waals surface area (Å²) >= 11 is 0. The lowest BCUT2D eigenvalue weighted by Crippen LogP contribution is -2.36. The molecule has 1 heterocycles. The fourth-order valence-electron chi connectivity index (χ4n) is 4.13. The Bertz CT molecular complexity index is 808. The van der Waals surface area contributed by atoms with Crippen LogP contribution in [0.3, 0.4) is 0 Å². The normalized spacial score (nSPS) is 20.3. The van der Waals surface area contributed by atoms with Crippen molar-refractivity contribution in [2.45, 2.75) is 44.0 Å². The van der Waals surface area contributed by atoms with Crippen LogP contribution in [0, 0.1) is 11.6 Å². The second-order valence-electron chi connectivity index (χ2n) is 7.89. The average molecular weight is 417 g/mol. The fourth-order valence-corrected chi connectivity index (χ4v) is 4.13. The van der Waals surface area contributed by atoms with E-state index in [1.165, 1.54) is 17.7 Å². The van der Waals surface area contributed by atoms with Crippen molar-refractivity contribution >= 4 is 0 Å². The van der Waals surface area contributed by atoms with Gasteiger partial charge in [-0.05, 0) is 54.7 Å². The number of hydrogen-bond donors (Lipinski definition) is 1. The average Bonchev–Trinajstić information content (AvgIpc) is 3.07. The van der Waals surface area contributed by atoms with Crippen molar-refractivity contribution in [3.8, 4) is 5.75 Å². The van der Waals surface area contributed by atoms with Crippen molar-refractivity contribution in [3.05, 3.63) is 77.9 Å². The number of ether oxygens (including phenoxy) is 2. The van der Waals surface area contributed by atoms with Crippen LogP contribution in [-0.4, -0.2) is 43.3 Å². The molecule has 2 aromatic carbocycles. The lowest BCUT2D eigenvalue weighted by molar-refractivity contribution is 0.0796. The summed E-state index contributed by atoms with van der Waals surface area (Å²) in [5.74, 6) is -0.317. The maximum absolute atomic E-state index is 13.5. The van der Waals surface area contributed by atoms with Gasteiger partial charge in [-0.3, -0.25) is 4.90 Å². The van der Waals surface area contributed by atoms with E-state index < -0.39 is 11.6 Å². The van der Waals surface area contributed by atoms with Gasteiger partial charge in [-0.2, -0.15) is 0 Å². The molecule has 0 spiro atoms. The molecular formula is C24H30F2N2O2. The van der Waals surface area contributed by atoms with Gasteiger partial charge in [0.25, 0.3) is 0 Å². The first-order valence-corrected chi connectivity index (χ1v) is 10.3. The molecule has 3 rings (SSSR count). The Balaban J connectivity index is 1.65. The van der Waals surface area contributed by atoms with E-state index in [2.05, 4.69) is 23.6 Å². The molecule has 0 radical (unpaired) electrons. The van der Waals surface area contributed by atoms with Gasteiger partial charge in [0, 0.05) is 31.2 Å². The van der Waals surface area contributed by atoms with Crippen LogP contribution in [0.25, 0.3) is 0 Å². The van der Waals surface area contributed by atoms with Crippen LogP contribution in [0.5, 0.6) is 5.75 Å². The molecule has 6 heteroatoms. The first-order chi connectivity index (χ1) is 14.5. The summed E-state index contributed by atoms with van der Waals surface area (Å²) in [6.45, 7) is 5.83. The quantitative estimate of drug-likeness (QED) is 0.593. The summed E-state index contributed by atoms with van der Waals surface area (Å²) in [5, 5.41) is 0. The number of benzene rings is 2. The van der Waals surface area contributed by atoms with E-state index in [0.29, 0.717) is 18.6 Å². The second-order valence-corrected chi connectivity index (χ2v) is 7.89. The zero-order valence-corrected chi connectivity index (χ0v) is 17.4. The fraction of sp³-hybridized carbons (Fsp3) is 0.417. The Labute approximate surface area is 177 Å². The van der Waals surface area contributed by atoms with Crippen LogP contribution in [0.2, 0.25) is 0 Å². The number of methoxy groups -OCH3 is 1. The molecule has 0 aliphatic carbocycles. The summed E-state index contributed by atoms with van der Waals surface area (Å²) in [7, 11) is 1.65. The predicted octanol–water partition coefficient (Wildman–Crippen LogP) is 4.08. The van der Waals surface area contributed by atoms with Gasteiger partial charge < -0.3 is 15.2 Å². The van der Waals surface area contributed by atoms with Crippen LogP contribution < -0.4 is 10.5 Å². The van der Waals surface area contributed by atoms with E-state index in [1.807, 2.05) is 12.1 Å². The van der Waals surface area contributed by atoms with Crippen LogP contribution >= 0.6 is 0 Å². The van der Waals surface area contributed by atoms with Gasteiger partial charge in [-0.1, -0.05) is 18.2 Å². The largest absolute Gasteiger partial charge is 0.497 e. The summed E-state index contributed by atoms with van der Waals surface area (Å²) in [6, 6.07) is 11.6.